The van der Waals surface area contributed by atoms with Gasteiger partial charge in [0, 0.05) is 6.54 Å². The van der Waals surface area contributed by atoms with Crippen LogP contribution in [0.1, 0.15) is 40.4 Å². The molecule has 0 fully saturated rings. The minimum atomic E-state index is -0.501. The third kappa shape index (κ3) is 6.82. The Morgan fingerprint density at radius 1 is 1.30 bits per heavy atom. The fraction of sp³-hybridized carbons (Fsp3) is 0.643. The molecule has 1 heterocycles. The number of hydrogen-bond acceptors (Lipinski definition) is 4. The van der Waals surface area contributed by atoms with Crippen molar-refractivity contribution in [3.8, 4) is 0 Å². The Bertz CT molecular complexity index is 450. The topological polar surface area (TPSA) is 63.5 Å². The summed E-state index contributed by atoms with van der Waals surface area (Å²) in [6, 6.07) is 3.51. The van der Waals surface area contributed by atoms with E-state index in [1.807, 2.05) is 40.7 Å². The van der Waals surface area contributed by atoms with Crippen LogP contribution in [0.25, 0.3) is 0 Å². The molecule has 1 aromatic heterocycles. The molecule has 0 spiro atoms. The van der Waals surface area contributed by atoms with E-state index in [0.29, 0.717) is 18.3 Å². The predicted molar refractivity (Wildman–Crippen MR) is 78.9 cm³/mol. The van der Waals surface area contributed by atoms with Gasteiger partial charge in [-0.1, -0.05) is 0 Å². The van der Waals surface area contributed by atoms with Gasteiger partial charge in [0.25, 0.3) is 0 Å². The second-order valence-electron chi connectivity index (χ2n) is 6.32. The van der Waals surface area contributed by atoms with E-state index in [1.54, 1.807) is 6.07 Å². The molecule has 0 aliphatic carbocycles. The van der Waals surface area contributed by atoms with Gasteiger partial charge in [0.1, 0.15) is 11.4 Å². The Labute approximate surface area is 125 Å². The van der Waals surface area contributed by atoms with Gasteiger partial charge >= 0.3 is 6.09 Å². The van der Waals surface area contributed by atoms with Crippen LogP contribution in [0, 0.1) is 0 Å². The Hall–Kier alpha value is -1.20. The quantitative estimate of drug-likeness (QED) is 0.876. The smallest absolute Gasteiger partial charge is 0.408 e. The van der Waals surface area contributed by atoms with Crippen LogP contribution in [0.2, 0.25) is 5.22 Å². The van der Waals surface area contributed by atoms with Gasteiger partial charge in [0.05, 0.1) is 12.1 Å². The SMILES string of the molecule is CC(C)(CNCc1ccc(Cl)o1)NC(=O)OC(C)(C)C. The number of furan rings is 1. The number of halogens is 1. The van der Waals surface area contributed by atoms with Crippen molar-refractivity contribution < 1.29 is 13.9 Å². The molecule has 0 unspecified atom stereocenters. The highest BCUT2D eigenvalue weighted by Crippen LogP contribution is 2.13. The van der Waals surface area contributed by atoms with Crippen molar-refractivity contribution >= 4 is 17.7 Å². The highest BCUT2D eigenvalue weighted by Gasteiger charge is 2.24. The maximum Gasteiger partial charge on any atom is 0.408 e. The van der Waals surface area contributed by atoms with E-state index in [9.17, 15) is 4.79 Å². The molecule has 2 N–H and O–H groups in total. The van der Waals surface area contributed by atoms with E-state index in [4.69, 9.17) is 20.8 Å². The lowest BCUT2D eigenvalue weighted by Gasteiger charge is -2.28. The summed E-state index contributed by atoms with van der Waals surface area (Å²) >= 11 is 5.69. The first-order chi connectivity index (χ1) is 9.07. The first-order valence-corrected chi connectivity index (χ1v) is 6.91. The van der Waals surface area contributed by atoms with E-state index in [-0.39, 0.29) is 0 Å². The molecule has 20 heavy (non-hydrogen) atoms. The van der Waals surface area contributed by atoms with Gasteiger partial charge < -0.3 is 19.8 Å². The van der Waals surface area contributed by atoms with E-state index >= 15 is 0 Å². The molecular weight excluding hydrogens is 280 g/mol. The van der Waals surface area contributed by atoms with Crippen LogP contribution in [-0.4, -0.2) is 23.8 Å². The van der Waals surface area contributed by atoms with E-state index in [1.165, 1.54) is 0 Å². The first-order valence-electron chi connectivity index (χ1n) is 6.53. The molecule has 1 rings (SSSR count). The van der Waals surface area contributed by atoms with Crippen molar-refractivity contribution in [2.24, 2.45) is 0 Å². The average Bonchev–Trinajstić information content (AvgIpc) is 2.59. The third-order valence-corrected chi connectivity index (χ3v) is 2.54. The van der Waals surface area contributed by atoms with Gasteiger partial charge in [-0.3, -0.25) is 0 Å². The monoisotopic (exact) mass is 302 g/mol. The summed E-state index contributed by atoms with van der Waals surface area (Å²) in [6.45, 7) is 10.4. The maximum atomic E-state index is 11.7. The molecule has 0 aromatic carbocycles. The molecule has 0 saturated carbocycles. The molecule has 1 amide bonds. The van der Waals surface area contributed by atoms with Gasteiger partial charge in [0.15, 0.2) is 5.22 Å². The molecule has 0 radical (unpaired) electrons. The van der Waals surface area contributed by atoms with Crippen molar-refractivity contribution in [2.45, 2.75) is 52.3 Å². The normalized spacial score (nSPS) is 12.3. The number of ether oxygens (including phenoxy) is 1. The predicted octanol–water partition coefficient (Wildman–Crippen LogP) is 3.33. The summed E-state index contributed by atoms with van der Waals surface area (Å²) in [5.41, 5.74) is -0.933. The molecule has 0 aliphatic heterocycles. The van der Waals surface area contributed by atoms with Gasteiger partial charge in [-0.25, -0.2) is 4.79 Å². The summed E-state index contributed by atoms with van der Waals surface area (Å²) in [5.74, 6) is 0.753. The van der Waals surface area contributed by atoms with E-state index < -0.39 is 17.2 Å². The van der Waals surface area contributed by atoms with Gasteiger partial charge in [-0.2, -0.15) is 0 Å². The van der Waals surface area contributed by atoms with Crippen molar-refractivity contribution in [1.29, 1.82) is 0 Å². The summed E-state index contributed by atoms with van der Waals surface area (Å²) in [5, 5.41) is 6.39. The summed E-state index contributed by atoms with van der Waals surface area (Å²) in [4.78, 5) is 11.7. The van der Waals surface area contributed by atoms with Crippen LogP contribution < -0.4 is 10.6 Å². The highest BCUT2D eigenvalue weighted by atomic mass is 35.5. The number of alkyl carbamates (subject to hydrolysis) is 1. The fourth-order valence-electron chi connectivity index (χ4n) is 1.57. The van der Waals surface area contributed by atoms with E-state index in [2.05, 4.69) is 10.6 Å². The highest BCUT2D eigenvalue weighted by molar-refractivity contribution is 6.28. The lowest BCUT2D eigenvalue weighted by molar-refractivity contribution is 0.0472. The Morgan fingerprint density at radius 3 is 2.45 bits per heavy atom. The van der Waals surface area contributed by atoms with Crippen molar-refractivity contribution in [3.63, 3.8) is 0 Å². The van der Waals surface area contributed by atoms with Gasteiger partial charge in [0.2, 0.25) is 0 Å². The molecular formula is C14H23ClN2O3. The zero-order valence-electron chi connectivity index (χ0n) is 12.7. The lowest BCUT2D eigenvalue weighted by atomic mass is 10.1. The second kappa shape index (κ2) is 6.50. The minimum Gasteiger partial charge on any atom is -0.448 e. The summed E-state index contributed by atoms with van der Waals surface area (Å²) in [6.07, 6.45) is -0.426. The molecule has 0 atom stereocenters. The fourth-order valence-corrected chi connectivity index (χ4v) is 1.73. The summed E-state index contributed by atoms with van der Waals surface area (Å²) < 4.78 is 10.5. The lowest BCUT2D eigenvalue weighted by Crippen LogP contribution is -2.51. The number of rotatable bonds is 5. The number of hydrogen-bond donors (Lipinski definition) is 2. The first kappa shape index (κ1) is 16.9. The minimum absolute atomic E-state index is 0.368. The Balaban J connectivity index is 2.35. The van der Waals surface area contributed by atoms with Gasteiger partial charge in [-0.05, 0) is 58.4 Å². The third-order valence-electron chi connectivity index (χ3n) is 2.33. The number of carbonyl (C=O) groups excluding carboxylic acids is 1. The standard InChI is InChI=1S/C14H23ClN2O3/c1-13(2,3)20-12(18)17-14(4,5)9-16-8-10-6-7-11(15)19-10/h6-7,16H,8-9H2,1-5H3,(H,17,18). The van der Waals surface area contributed by atoms with Crippen LogP contribution >= 0.6 is 11.6 Å². The van der Waals surface area contributed by atoms with Crippen LogP contribution in [0.3, 0.4) is 0 Å². The molecule has 0 saturated heterocycles. The Morgan fingerprint density at radius 2 is 1.95 bits per heavy atom. The van der Waals surface area contributed by atoms with Crippen LogP contribution in [0.4, 0.5) is 4.79 Å². The zero-order valence-corrected chi connectivity index (χ0v) is 13.4. The maximum absolute atomic E-state index is 11.7. The van der Waals surface area contributed by atoms with Crippen LogP contribution in [0.5, 0.6) is 0 Å². The zero-order chi connectivity index (χ0) is 15.4. The van der Waals surface area contributed by atoms with E-state index in [0.717, 1.165) is 5.76 Å². The summed E-state index contributed by atoms with van der Waals surface area (Å²) in [7, 11) is 0. The molecule has 0 bridgehead atoms. The molecule has 1 aromatic rings. The molecule has 5 nitrogen and oxygen atoms in total. The van der Waals surface area contributed by atoms with Crippen molar-refractivity contribution in [2.75, 3.05) is 6.54 Å². The Kier molecular flexibility index (Phi) is 5.48. The molecule has 0 aliphatic rings. The number of nitrogens with one attached hydrogen (secondary N) is 2. The second-order valence-corrected chi connectivity index (χ2v) is 6.69. The number of carbonyl (C=O) groups is 1. The van der Waals surface area contributed by atoms with Crippen molar-refractivity contribution in [1.82, 2.24) is 10.6 Å². The van der Waals surface area contributed by atoms with Gasteiger partial charge in [-0.15, -0.1) is 0 Å². The average molecular weight is 303 g/mol. The van der Waals surface area contributed by atoms with Crippen molar-refractivity contribution in [3.05, 3.63) is 23.1 Å². The largest absolute Gasteiger partial charge is 0.448 e. The van der Waals surface area contributed by atoms with Crippen LogP contribution in [0.15, 0.2) is 16.5 Å². The molecule has 6 heteroatoms. The molecule has 114 valence electrons. The van der Waals surface area contributed by atoms with Crippen LogP contribution in [-0.2, 0) is 11.3 Å². The number of amides is 1.